The molecule has 0 spiro atoms. The summed E-state index contributed by atoms with van der Waals surface area (Å²) in [6.45, 7) is 4.29. The average molecular weight is 465 g/mol. The van der Waals surface area contributed by atoms with Gasteiger partial charge in [0.2, 0.25) is 0 Å². The quantitative estimate of drug-likeness (QED) is 0.619. The van der Waals surface area contributed by atoms with E-state index in [4.69, 9.17) is 0 Å². The molecular formula is C26H33FN6O. The van der Waals surface area contributed by atoms with E-state index in [1.165, 1.54) is 25.0 Å². The lowest BCUT2D eigenvalue weighted by atomic mass is 9.92. The third kappa shape index (κ3) is 4.70. The molecule has 1 aromatic carbocycles. The number of benzene rings is 1. The van der Waals surface area contributed by atoms with Crippen molar-refractivity contribution in [2.45, 2.75) is 44.3 Å². The van der Waals surface area contributed by atoms with E-state index in [-0.39, 0.29) is 12.8 Å². The Morgan fingerprint density at radius 1 is 1.03 bits per heavy atom. The van der Waals surface area contributed by atoms with Crippen LogP contribution >= 0.6 is 0 Å². The summed E-state index contributed by atoms with van der Waals surface area (Å²) in [4.78, 5) is 21.6. The van der Waals surface area contributed by atoms with Crippen molar-refractivity contribution in [1.29, 1.82) is 0 Å². The van der Waals surface area contributed by atoms with Gasteiger partial charge in [-0.05, 0) is 56.1 Å². The zero-order valence-corrected chi connectivity index (χ0v) is 20.1. The molecule has 1 amide bonds. The molecule has 2 fully saturated rings. The molecule has 2 aromatic heterocycles. The van der Waals surface area contributed by atoms with E-state index in [9.17, 15) is 4.79 Å². The van der Waals surface area contributed by atoms with Crippen molar-refractivity contribution in [1.82, 2.24) is 24.6 Å². The summed E-state index contributed by atoms with van der Waals surface area (Å²) in [6.07, 6.45) is 7.88. The Balaban J connectivity index is 1.38. The Kier molecular flexibility index (Phi) is 6.36. The second-order valence-electron chi connectivity index (χ2n) is 9.82. The molecule has 2 saturated heterocycles. The first kappa shape index (κ1) is 22.9. The SMILES string of the molecule is CN1CCC(F)(C(=O)Nc2cc3cc(-c4cnn(C)c4CN4CCCCC4)ccc3cn2)CC1. The first-order chi connectivity index (χ1) is 16.4. The van der Waals surface area contributed by atoms with Gasteiger partial charge < -0.3 is 10.2 Å². The highest BCUT2D eigenvalue weighted by atomic mass is 19.1. The van der Waals surface area contributed by atoms with Gasteiger partial charge in [0.15, 0.2) is 5.67 Å². The Hall–Kier alpha value is -2.84. The van der Waals surface area contributed by atoms with E-state index in [0.29, 0.717) is 18.9 Å². The molecule has 0 unspecified atom stereocenters. The highest BCUT2D eigenvalue weighted by Crippen LogP contribution is 2.31. The molecule has 2 aliphatic heterocycles. The largest absolute Gasteiger partial charge is 0.308 e. The molecule has 3 aromatic rings. The molecule has 2 aliphatic rings. The first-order valence-electron chi connectivity index (χ1n) is 12.2. The van der Waals surface area contributed by atoms with E-state index in [1.54, 1.807) is 6.20 Å². The number of carbonyl (C=O) groups is 1. The van der Waals surface area contributed by atoms with Crippen molar-refractivity contribution >= 4 is 22.5 Å². The fourth-order valence-electron chi connectivity index (χ4n) is 5.03. The predicted octanol–water partition coefficient (Wildman–Crippen LogP) is 3.99. The molecule has 0 saturated carbocycles. The van der Waals surface area contributed by atoms with E-state index in [1.807, 2.05) is 42.0 Å². The maximum atomic E-state index is 15.2. The number of nitrogens with one attached hydrogen (secondary N) is 1. The zero-order valence-electron chi connectivity index (χ0n) is 20.1. The van der Waals surface area contributed by atoms with Crippen LogP contribution in [-0.2, 0) is 18.4 Å². The first-order valence-corrected chi connectivity index (χ1v) is 12.2. The number of aromatic nitrogens is 3. The molecule has 4 heterocycles. The van der Waals surface area contributed by atoms with Crippen LogP contribution in [-0.4, -0.2) is 69.4 Å². The summed E-state index contributed by atoms with van der Waals surface area (Å²) in [5.41, 5.74) is 1.55. The summed E-state index contributed by atoms with van der Waals surface area (Å²) in [5.74, 6) is -0.218. The van der Waals surface area contributed by atoms with Crippen LogP contribution in [0.5, 0.6) is 0 Å². The summed E-state index contributed by atoms with van der Waals surface area (Å²) in [6, 6.07) is 8.06. The standard InChI is InChI=1S/C26H33FN6O/c1-31-12-8-26(27,9-13-31)25(34)30-24-15-21-14-19(6-7-20(21)16-28-24)22-17-29-32(2)23(22)18-33-10-4-3-5-11-33/h6-7,14-17H,3-5,8-13,18H2,1-2H3,(H,28,30,34). The van der Waals surface area contributed by atoms with Crippen LogP contribution in [0.15, 0.2) is 36.7 Å². The number of anilines is 1. The Labute approximate surface area is 199 Å². The number of fused-ring (bicyclic) bond motifs is 1. The number of amides is 1. The van der Waals surface area contributed by atoms with Gasteiger partial charge in [0.1, 0.15) is 5.82 Å². The molecule has 34 heavy (non-hydrogen) atoms. The Morgan fingerprint density at radius 3 is 2.56 bits per heavy atom. The van der Waals surface area contributed by atoms with Gasteiger partial charge in [-0.25, -0.2) is 9.37 Å². The van der Waals surface area contributed by atoms with Crippen LogP contribution in [0.3, 0.4) is 0 Å². The van der Waals surface area contributed by atoms with Crippen molar-refractivity contribution in [2.24, 2.45) is 7.05 Å². The fraction of sp³-hybridized carbons (Fsp3) is 0.500. The van der Waals surface area contributed by atoms with Gasteiger partial charge in [-0.1, -0.05) is 18.6 Å². The van der Waals surface area contributed by atoms with Crippen LogP contribution < -0.4 is 5.32 Å². The highest BCUT2D eigenvalue weighted by Gasteiger charge is 2.41. The summed E-state index contributed by atoms with van der Waals surface area (Å²) in [7, 11) is 3.94. The lowest BCUT2D eigenvalue weighted by Gasteiger charge is -2.33. The van der Waals surface area contributed by atoms with E-state index >= 15 is 4.39 Å². The smallest absolute Gasteiger partial charge is 0.263 e. The minimum atomic E-state index is -1.84. The minimum Gasteiger partial charge on any atom is -0.308 e. The zero-order chi connectivity index (χ0) is 23.7. The Morgan fingerprint density at radius 2 is 1.79 bits per heavy atom. The summed E-state index contributed by atoms with van der Waals surface area (Å²) < 4.78 is 17.2. The third-order valence-corrected chi connectivity index (χ3v) is 7.34. The third-order valence-electron chi connectivity index (χ3n) is 7.34. The van der Waals surface area contributed by atoms with Crippen LogP contribution in [0.4, 0.5) is 10.2 Å². The molecule has 0 radical (unpaired) electrons. The van der Waals surface area contributed by atoms with Crippen LogP contribution in [0.2, 0.25) is 0 Å². The van der Waals surface area contributed by atoms with Gasteiger partial charge >= 0.3 is 0 Å². The van der Waals surface area contributed by atoms with Gasteiger partial charge in [-0.15, -0.1) is 0 Å². The lowest BCUT2D eigenvalue weighted by Crippen LogP contribution is -2.47. The van der Waals surface area contributed by atoms with E-state index in [2.05, 4.69) is 32.4 Å². The van der Waals surface area contributed by atoms with Crippen LogP contribution in [0.25, 0.3) is 21.9 Å². The van der Waals surface area contributed by atoms with Gasteiger partial charge in [-0.3, -0.25) is 14.4 Å². The number of pyridine rings is 1. The molecule has 5 rings (SSSR count). The van der Waals surface area contributed by atoms with Crippen molar-refractivity contribution in [3.8, 4) is 11.1 Å². The normalized spacial score (nSPS) is 19.4. The molecule has 7 nitrogen and oxygen atoms in total. The molecule has 8 heteroatoms. The predicted molar refractivity (Wildman–Crippen MR) is 132 cm³/mol. The number of aryl methyl sites for hydroxylation is 1. The fourth-order valence-corrected chi connectivity index (χ4v) is 5.03. The molecule has 1 N–H and O–H groups in total. The average Bonchev–Trinajstić information content (AvgIpc) is 3.21. The van der Waals surface area contributed by atoms with Gasteiger partial charge in [-0.2, -0.15) is 5.10 Å². The van der Waals surface area contributed by atoms with Crippen molar-refractivity contribution < 1.29 is 9.18 Å². The van der Waals surface area contributed by atoms with Gasteiger partial charge in [0.05, 0.1) is 11.9 Å². The van der Waals surface area contributed by atoms with Gasteiger partial charge in [0, 0.05) is 56.7 Å². The molecule has 0 bridgehead atoms. The number of hydrogen-bond acceptors (Lipinski definition) is 5. The number of likely N-dealkylation sites (tertiary alicyclic amines) is 2. The van der Waals surface area contributed by atoms with Crippen LogP contribution in [0, 0.1) is 0 Å². The lowest BCUT2D eigenvalue weighted by molar-refractivity contribution is -0.130. The monoisotopic (exact) mass is 464 g/mol. The Bertz CT molecular complexity index is 1180. The maximum Gasteiger partial charge on any atom is 0.263 e. The number of hydrogen-bond donors (Lipinski definition) is 1. The molecule has 0 aliphatic carbocycles. The van der Waals surface area contributed by atoms with E-state index in [0.717, 1.165) is 41.5 Å². The highest BCUT2D eigenvalue weighted by molar-refractivity contribution is 5.98. The number of rotatable bonds is 5. The van der Waals surface area contributed by atoms with Crippen LogP contribution in [0.1, 0.15) is 37.8 Å². The number of nitrogens with zero attached hydrogens (tertiary/aromatic N) is 5. The van der Waals surface area contributed by atoms with Crippen molar-refractivity contribution in [3.63, 3.8) is 0 Å². The maximum absolute atomic E-state index is 15.2. The second kappa shape index (κ2) is 9.43. The topological polar surface area (TPSA) is 66.3 Å². The van der Waals surface area contributed by atoms with Crippen molar-refractivity contribution in [2.75, 3.05) is 38.5 Å². The summed E-state index contributed by atoms with van der Waals surface area (Å²) >= 11 is 0. The van der Waals surface area contributed by atoms with Gasteiger partial charge in [0.25, 0.3) is 5.91 Å². The molecule has 0 atom stereocenters. The van der Waals surface area contributed by atoms with E-state index < -0.39 is 11.6 Å². The number of carbonyl (C=O) groups excluding carboxylic acids is 1. The summed E-state index contributed by atoms with van der Waals surface area (Å²) in [5, 5.41) is 9.18. The number of halogens is 1. The number of alkyl halides is 1. The van der Waals surface area contributed by atoms with Crippen molar-refractivity contribution in [3.05, 3.63) is 42.4 Å². The number of piperidine rings is 2. The minimum absolute atomic E-state index is 0.202. The molecular weight excluding hydrogens is 431 g/mol. The second-order valence-corrected chi connectivity index (χ2v) is 9.82. The molecule has 180 valence electrons.